The van der Waals surface area contributed by atoms with Crippen molar-refractivity contribution in [1.82, 2.24) is 5.32 Å². The minimum atomic E-state index is -0.0730. The standard InChI is InChI=1S/C10H10ClNO2.C6H4Cl2/c11-8-3-1-7(2-4-8)9-5-14-6-10(13)12-9;7-5-2-1-3-6(8)4-5/h1-4,9H,5-6H2,(H,12,13);1-4H/t9-;/m0./s1. The molecule has 1 heterocycles. The van der Waals surface area contributed by atoms with Crippen molar-refractivity contribution in [2.45, 2.75) is 6.04 Å². The summed E-state index contributed by atoms with van der Waals surface area (Å²) in [7, 11) is 0. The molecule has 1 aliphatic heterocycles. The van der Waals surface area contributed by atoms with Gasteiger partial charge in [-0.05, 0) is 35.9 Å². The van der Waals surface area contributed by atoms with Crippen LogP contribution in [0.2, 0.25) is 15.1 Å². The van der Waals surface area contributed by atoms with Crippen molar-refractivity contribution in [3.05, 3.63) is 69.2 Å². The van der Waals surface area contributed by atoms with E-state index in [0.29, 0.717) is 21.7 Å². The van der Waals surface area contributed by atoms with E-state index < -0.39 is 0 Å². The molecule has 3 rings (SSSR count). The third kappa shape index (κ3) is 5.50. The van der Waals surface area contributed by atoms with Crippen LogP contribution >= 0.6 is 34.8 Å². The van der Waals surface area contributed by atoms with Crippen molar-refractivity contribution in [3.63, 3.8) is 0 Å². The average Bonchev–Trinajstić information content (AvgIpc) is 2.48. The van der Waals surface area contributed by atoms with Crippen LogP contribution < -0.4 is 5.32 Å². The number of hydrogen-bond donors (Lipinski definition) is 1. The molecule has 1 N–H and O–H groups in total. The molecule has 1 aliphatic rings. The summed E-state index contributed by atoms with van der Waals surface area (Å²) < 4.78 is 5.13. The van der Waals surface area contributed by atoms with Crippen molar-refractivity contribution in [2.75, 3.05) is 13.2 Å². The summed E-state index contributed by atoms with van der Waals surface area (Å²) >= 11 is 16.9. The SMILES string of the molecule is Clc1cccc(Cl)c1.O=C1COC[C@@H](c2ccc(Cl)cc2)N1. The van der Waals surface area contributed by atoms with Crippen LogP contribution in [0, 0.1) is 0 Å². The van der Waals surface area contributed by atoms with Crippen LogP contribution in [0.1, 0.15) is 11.6 Å². The van der Waals surface area contributed by atoms with Gasteiger partial charge in [-0.1, -0.05) is 53.0 Å². The molecule has 0 aliphatic carbocycles. The van der Waals surface area contributed by atoms with Crippen LogP contribution in [0.15, 0.2) is 48.5 Å². The van der Waals surface area contributed by atoms with Gasteiger partial charge < -0.3 is 10.1 Å². The van der Waals surface area contributed by atoms with Crippen LogP contribution in [0.3, 0.4) is 0 Å². The van der Waals surface area contributed by atoms with E-state index >= 15 is 0 Å². The van der Waals surface area contributed by atoms with Gasteiger partial charge in [-0.3, -0.25) is 4.79 Å². The minimum absolute atomic E-state index is 0.0477. The molecule has 116 valence electrons. The Kier molecular flexibility index (Phi) is 6.52. The van der Waals surface area contributed by atoms with Crippen LogP contribution in [0.5, 0.6) is 0 Å². The molecule has 1 atom stereocenters. The molecule has 3 nitrogen and oxygen atoms in total. The van der Waals surface area contributed by atoms with E-state index in [2.05, 4.69) is 5.32 Å². The van der Waals surface area contributed by atoms with Crippen LogP contribution in [0.4, 0.5) is 0 Å². The van der Waals surface area contributed by atoms with Gasteiger partial charge in [-0.15, -0.1) is 0 Å². The number of nitrogens with one attached hydrogen (secondary N) is 1. The molecule has 22 heavy (non-hydrogen) atoms. The molecule has 1 amide bonds. The van der Waals surface area contributed by atoms with Gasteiger partial charge in [0, 0.05) is 15.1 Å². The fraction of sp³-hybridized carbons (Fsp3) is 0.188. The highest BCUT2D eigenvalue weighted by Crippen LogP contribution is 2.18. The third-order valence-electron chi connectivity index (χ3n) is 2.91. The molecule has 0 unspecified atom stereocenters. The molecule has 1 fully saturated rings. The Hall–Kier alpha value is -1.26. The Morgan fingerprint density at radius 2 is 1.59 bits per heavy atom. The highest BCUT2D eigenvalue weighted by molar-refractivity contribution is 6.34. The Morgan fingerprint density at radius 3 is 2.09 bits per heavy atom. The van der Waals surface area contributed by atoms with E-state index in [1.165, 1.54) is 0 Å². The van der Waals surface area contributed by atoms with Crippen molar-refractivity contribution in [2.24, 2.45) is 0 Å². The lowest BCUT2D eigenvalue weighted by Crippen LogP contribution is -2.39. The third-order valence-corrected chi connectivity index (χ3v) is 3.63. The summed E-state index contributed by atoms with van der Waals surface area (Å²) in [5.74, 6) is -0.0730. The summed E-state index contributed by atoms with van der Waals surface area (Å²) in [5, 5.41) is 4.89. The maximum absolute atomic E-state index is 11.1. The van der Waals surface area contributed by atoms with Gasteiger partial charge in [0.1, 0.15) is 6.61 Å². The lowest BCUT2D eigenvalue weighted by Gasteiger charge is -2.23. The zero-order valence-electron chi connectivity index (χ0n) is 11.6. The van der Waals surface area contributed by atoms with Crippen molar-refractivity contribution in [1.29, 1.82) is 0 Å². The first kappa shape index (κ1) is 17.1. The first-order chi connectivity index (χ1) is 10.5. The molecule has 0 radical (unpaired) electrons. The molecular weight excluding hydrogens is 345 g/mol. The van der Waals surface area contributed by atoms with Crippen molar-refractivity contribution in [3.8, 4) is 0 Å². The molecule has 0 spiro atoms. The largest absolute Gasteiger partial charge is 0.369 e. The Labute approximate surface area is 144 Å². The van der Waals surface area contributed by atoms with E-state index in [1.54, 1.807) is 30.3 Å². The van der Waals surface area contributed by atoms with Gasteiger partial charge in [-0.25, -0.2) is 0 Å². The molecule has 0 aromatic heterocycles. The Morgan fingerprint density at radius 1 is 0.955 bits per heavy atom. The molecule has 0 bridgehead atoms. The van der Waals surface area contributed by atoms with Crippen molar-refractivity contribution < 1.29 is 9.53 Å². The number of halogens is 3. The second kappa shape index (κ2) is 8.39. The lowest BCUT2D eigenvalue weighted by atomic mass is 10.1. The zero-order chi connectivity index (χ0) is 15.9. The zero-order valence-corrected chi connectivity index (χ0v) is 13.8. The molecule has 0 saturated carbocycles. The number of hydrogen-bond acceptors (Lipinski definition) is 2. The number of benzene rings is 2. The van der Waals surface area contributed by atoms with Gasteiger partial charge in [0.2, 0.25) is 5.91 Å². The van der Waals surface area contributed by atoms with Gasteiger partial charge in [0.05, 0.1) is 12.6 Å². The van der Waals surface area contributed by atoms with E-state index in [-0.39, 0.29) is 18.6 Å². The summed E-state index contributed by atoms with van der Waals surface area (Å²) in [6.45, 7) is 0.678. The van der Waals surface area contributed by atoms with Crippen molar-refractivity contribution >= 4 is 40.7 Å². The van der Waals surface area contributed by atoms with E-state index in [0.717, 1.165) is 5.56 Å². The Balaban J connectivity index is 0.000000188. The number of carbonyl (C=O) groups excluding carboxylic acids is 1. The number of morpholine rings is 1. The van der Waals surface area contributed by atoms with E-state index in [4.69, 9.17) is 39.5 Å². The first-order valence-corrected chi connectivity index (χ1v) is 7.71. The molecule has 1 saturated heterocycles. The first-order valence-electron chi connectivity index (χ1n) is 6.58. The van der Waals surface area contributed by atoms with Crippen LogP contribution in [-0.2, 0) is 9.53 Å². The number of amides is 1. The maximum atomic E-state index is 11.1. The fourth-order valence-electron chi connectivity index (χ4n) is 1.88. The smallest absolute Gasteiger partial charge is 0.246 e. The summed E-state index contributed by atoms with van der Waals surface area (Å²) in [5.41, 5.74) is 1.02. The summed E-state index contributed by atoms with van der Waals surface area (Å²) in [6, 6.07) is 14.4. The summed E-state index contributed by atoms with van der Waals surface area (Å²) in [6.07, 6.45) is 0. The fourth-order valence-corrected chi connectivity index (χ4v) is 2.44. The van der Waals surface area contributed by atoms with Gasteiger partial charge in [0.15, 0.2) is 0 Å². The second-order valence-electron chi connectivity index (χ2n) is 4.63. The summed E-state index contributed by atoms with van der Waals surface area (Å²) in [4.78, 5) is 11.1. The molecule has 2 aromatic rings. The van der Waals surface area contributed by atoms with Crippen LogP contribution in [-0.4, -0.2) is 19.1 Å². The average molecular weight is 359 g/mol. The predicted molar refractivity (Wildman–Crippen MR) is 89.6 cm³/mol. The predicted octanol–water partition coefficient (Wildman–Crippen LogP) is 4.52. The van der Waals surface area contributed by atoms with E-state index in [1.807, 2.05) is 18.2 Å². The van der Waals surface area contributed by atoms with Crippen LogP contribution in [0.25, 0.3) is 0 Å². The molecule has 6 heteroatoms. The maximum Gasteiger partial charge on any atom is 0.246 e. The minimum Gasteiger partial charge on any atom is -0.369 e. The second-order valence-corrected chi connectivity index (χ2v) is 5.94. The Bertz CT molecular complexity index is 614. The van der Waals surface area contributed by atoms with Gasteiger partial charge in [-0.2, -0.15) is 0 Å². The molecule has 2 aromatic carbocycles. The van der Waals surface area contributed by atoms with Gasteiger partial charge >= 0.3 is 0 Å². The lowest BCUT2D eigenvalue weighted by molar-refractivity contribution is -0.131. The quantitative estimate of drug-likeness (QED) is 0.814. The topological polar surface area (TPSA) is 38.3 Å². The highest BCUT2D eigenvalue weighted by Gasteiger charge is 2.19. The molecular formula is C16H14Cl3NO2. The number of carbonyl (C=O) groups is 1. The normalized spacial score (nSPS) is 17.2. The highest BCUT2D eigenvalue weighted by atomic mass is 35.5. The van der Waals surface area contributed by atoms with Gasteiger partial charge in [0.25, 0.3) is 0 Å². The van der Waals surface area contributed by atoms with E-state index in [9.17, 15) is 4.79 Å². The monoisotopic (exact) mass is 357 g/mol. The number of rotatable bonds is 1. The number of ether oxygens (including phenoxy) is 1.